The Morgan fingerprint density at radius 1 is 1.28 bits per heavy atom. The van der Waals surface area contributed by atoms with Crippen LogP contribution >= 0.6 is 43.2 Å². The normalized spacial score (nSPS) is 26.3. The fraction of sp³-hybridized carbons (Fsp3) is 0.389. The quantitative estimate of drug-likeness (QED) is 0.387. The first kappa shape index (κ1) is 21.4. The molecule has 2 aliphatic heterocycles. The summed E-state index contributed by atoms with van der Waals surface area (Å²) in [7, 11) is -4.65. The van der Waals surface area contributed by atoms with E-state index >= 15 is 0 Å². The van der Waals surface area contributed by atoms with Crippen molar-refractivity contribution in [2.45, 2.75) is 24.8 Å². The van der Waals surface area contributed by atoms with Crippen LogP contribution in [0.1, 0.15) is 33.6 Å². The Morgan fingerprint density at radius 3 is 2.52 bits per heavy atom. The van der Waals surface area contributed by atoms with Gasteiger partial charge in [0.15, 0.2) is 0 Å². The Balaban J connectivity index is 1.70. The first-order chi connectivity index (χ1) is 13.6. The monoisotopic (exact) mass is 564 g/mol. The Kier molecular flexibility index (Phi) is 5.46. The number of nitrogens with two attached hydrogens (primary N) is 1. The number of piperidine rings is 1. The average Bonchev–Trinajstić information content (AvgIpc) is 3.21. The lowest BCUT2D eigenvalue weighted by molar-refractivity contribution is -0.734. The molecule has 1 aromatic heterocycles. The highest BCUT2D eigenvalue weighted by Crippen LogP contribution is 2.47. The van der Waals surface area contributed by atoms with E-state index in [2.05, 4.69) is 43.2 Å². The zero-order valence-corrected chi connectivity index (χ0v) is 20.1. The van der Waals surface area contributed by atoms with Gasteiger partial charge in [0, 0.05) is 41.5 Å². The lowest BCUT2D eigenvalue weighted by atomic mass is 9.74. The van der Waals surface area contributed by atoms with Crippen LogP contribution in [0.4, 0.5) is 5.69 Å². The second kappa shape index (κ2) is 7.40. The molecule has 7 nitrogen and oxygen atoms in total. The van der Waals surface area contributed by atoms with E-state index in [4.69, 9.17) is 5.73 Å². The molecule has 0 atom stereocenters. The molecule has 0 saturated carbocycles. The van der Waals surface area contributed by atoms with E-state index in [1.807, 2.05) is 12.1 Å². The van der Waals surface area contributed by atoms with Crippen LogP contribution in [0.3, 0.4) is 0 Å². The van der Waals surface area contributed by atoms with Crippen molar-refractivity contribution in [3.63, 3.8) is 0 Å². The summed E-state index contributed by atoms with van der Waals surface area (Å²) in [4.78, 5) is 13.5. The van der Waals surface area contributed by atoms with Crippen LogP contribution in [-0.2, 0) is 22.3 Å². The summed E-state index contributed by atoms with van der Waals surface area (Å²) in [5.41, 5.74) is 8.66. The molecule has 0 aliphatic carbocycles. The van der Waals surface area contributed by atoms with Gasteiger partial charge in [0.05, 0.1) is 3.79 Å². The Morgan fingerprint density at radius 2 is 1.97 bits per heavy atom. The maximum Gasteiger partial charge on any atom is 0.440 e. The minimum Gasteiger partial charge on any atom is -0.384 e. The van der Waals surface area contributed by atoms with Gasteiger partial charge in [-0.15, -0.1) is 23.6 Å². The second-order valence-electron chi connectivity index (χ2n) is 7.54. The van der Waals surface area contributed by atoms with Gasteiger partial charge in [0.2, 0.25) is 0 Å². The Hall–Kier alpha value is -0.820. The third-order valence-electron chi connectivity index (χ3n) is 6.08. The van der Waals surface area contributed by atoms with Crippen molar-refractivity contribution in [1.29, 1.82) is 0 Å². The smallest absolute Gasteiger partial charge is 0.384 e. The first-order valence-corrected chi connectivity index (χ1v) is 12.8. The van der Waals surface area contributed by atoms with Gasteiger partial charge in [-0.05, 0) is 55.1 Å². The van der Waals surface area contributed by atoms with E-state index in [1.54, 1.807) is 6.07 Å². The molecule has 1 spiro atoms. The predicted molar refractivity (Wildman–Crippen MR) is 119 cm³/mol. The number of anilines is 1. The third kappa shape index (κ3) is 3.40. The van der Waals surface area contributed by atoms with E-state index in [1.165, 1.54) is 0 Å². The second-order valence-corrected chi connectivity index (χ2v) is 12.4. The van der Waals surface area contributed by atoms with E-state index in [0.717, 1.165) is 28.2 Å². The number of quaternary nitrogens is 1. The minimum absolute atomic E-state index is 0.0127. The number of likely N-dealkylation sites (tertiary alicyclic amines) is 1. The highest BCUT2D eigenvalue weighted by molar-refractivity contribution is 9.13. The lowest BCUT2D eigenvalue weighted by Gasteiger charge is -2.42. The fourth-order valence-electron chi connectivity index (χ4n) is 4.33. The van der Waals surface area contributed by atoms with Gasteiger partial charge in [0.1, 0.15) is 18.0 Å². The molecule has 2 aliphatic rings. The standard InChI is InChI=1S/C18H19Br2N3O4S2/c19-13-8-15(28-16(13)20)17(24)23(29(25,26)27)5-3-18(4-6-23)10-22-14-2-1-11(9-21)7-12(14)18/h1-2,7-8,22H,3-6,9-10,21H2/p+1. The van der Waals surface area contributed by atoms with Crippen LogP contribution in [0.25, 0.3) is 0 Å². The number of nitrogens with zero attached hydrogens (tertiary/aromatic N) is 1. The van der Waals surface area contributed by atoms with Gasteiger partial charge in [-0.1, -0.05) is 12.1 Å². The molecule has 0 unspecified atom stereocenters. The van der Waals surface area contributed by atoms with Crippen LogP contribution in [-0.4, -0.2) is 42.4 Å². The summed E-state index contributed by atoms with van der Waals surface area (Å²) >= 11 is 7.82. The molecule has 3 heterocycles. The van der Waals surface area contributed by atoms with Gasteiger partial charge in [-0.2, -0.15) is 0 Å². The van der Waals surface area contributed by atoms with Gasteiger partial charge in [-0.25, -0.2) is 9.35 Å². The number of halogens is 2. The van der Waals surface area contributed by atoms with Gasteiger partial charge >= 0.3 is 16.2 Å². The van der Waals surface area contributed by atoms with Crippen molar-refractivity contribution in [1.82, 2.24) is 0 Å². The summed E-state index contributed by atoms with van der Waals surface area (Å²) in [6.07, 6.45) is 0.917. The molecule has 29 heavy (non-hydrogen) atoms. The highest BCUT2D eigenvalue weighted by Gasteiger charge is 2.57. The van der Waals surface area contributed by atoms with Crippen LogP contribution in [0.2, 0.25) is 0 Å². The molecular formula is C18H20Br2N3O4S2+. The maximum atomic E-state index is 13.3. The number of hydrogen-bond acceptors (Lipinski definition) is 6. The molecule has 4 rings (SSSR count). The number of carbonyl (C=O) groups excluding carboxylic acids is 1. The molecule has 4 N–H and O–H groups in total. The molecule has 1 saturated heterocycles. The number of rotatable bonds is 3. The van der Waals surface area contributed by atoms with Gasteiger partial charge < -0.3 is 11.1 Å². The zero-order valence-electron chi connectivity index (χ0n) is 15.3. The van der Waals surface area contributed by atoms with Crippen molar-refractivity contribution in [3.05, 3.63) is 48.5 Å². The summed E-state index contributed by atoms with van der Waals surface area (Å²) in [5.74, 6) is -0.597. The van der Waals surface area contributed by atoms with E-state index < -0.39 is 20.1 Å². The Bertz CT molecular complexity index is 1070. The minimum atomic E-state index is -4.65. The fourth-order valence-corrected chi connectivity index (χ4v) is 7.39. The number of benzene rings is 1. The highest BCUT2D eigenvalue weighted by atomic mass is 79.9. The zero-order chi connectivity index (χ0) is 21.0. The molecule has 0 radical (unpaired) electrons. The maximum absolute atomic E-state index is 13.3. The van der Waals surface area contributed by atoms with Crippen LogP contribution in [0, 0.1) is 0 Å². The van der Waals surface area contributed by atoms with E-state index in [0.29, 0.717) is 34.2 Å². The summed E-state index contributed by atoms with van der Waals surface area (Å²) in [6, 6.07) is 7.63. The van der Waals surface area contributed by atoms with Crippen molar-refractivity contribution in [3.8, 4) is 0 Å². The predicted octanol–water partition coefficient (Wildman–Crippen LogP) is 3.65. The molecule has 0 bridgehead atoms. The number of carbonyl (C=O) groups is 1. The molecule has 1 aromatic carbocycles. The van der Waals surface area contributed by atoms with Crippen LogP contribution in [0.15, 0.2) is 32.5 Å². The SMILES string of the molecule is NCc1ccc2c(c1)C1(CC[N+](C(=O)c3cc(Br)c(Br)s3)(S(=O)(=O)O)CC1)CN2. The van der Waals surface area contributed by atoms with Crippen molar-refractivity contribution >= 4 is 65.1 Å². The van der Waals surface area contributed by atoms with Gasteiger partial charge in [0.25, 0.3) is 0 Å². The van der Waals surface area contributed by atoms with Crippen LogP contribution < -0.4 is 11.1 Å². The largest absolute Gasteiger partial charge is 0.440 e. The summed E-state index contributed by atoms with van der Waals surface area (Å²) in [5, 5.41) is 3.39. The molecule has 2 aromatic rings. The molecule has 156 valence electrons. The topological polar surface area (TPSA) is 109 Å². The molecule has 1 amide bonds. The average molecular weight is 566 g/mol. The summed E-state index contributed by atoms with van der Waals surface area (Å²) < 4.78 is 35.3. The first-order valence-electron chi connectivity index (χ1n) is 9.04. The molecule has 11 heteroatoms. The molecule has 1 fully saturated rings. The van der Waals surface area contributed by atoms with Crippen molar-refractivity contribution < 1.29 is 21.7 Å². The third-order valence-corrected chi connectivity index (χ3v) is 10.7. The Labute approximate surface area is 190 Å². The summed E-state index contributed by atoms with van der Waals surface area (Å²) in [6.45, 7) is 1.12. The van der Waals surface area contributed by atoms with Gasteiger partial charge in [-0.3, -0.25) is 0 Å². The number of fused-ring (bicyclic) bond motifs is 2. The number of nitrogens with one attached hydrogen (secondary N) is 1. The van der Waals surface area contributed by atoms with Crippen molar-refractivity contribution in [2.75, 3.05) is 25.0 Å². The van der Waals surface area contributed by atoms with Crippen molar-refractivity contribution in [2.24, 2.45) is 5.73 Å². The van der Waals surface area contributed by atoms with E-state index in [9.17, 15) is 17.8 Å². The van der Waals surface area contributed by atoms with E-state index in [-0.39, 0.29) is 23.4 Å². The lowest BCUT2D eigenvalue weighted by Crippen LogP contribution is -2.62. The number of amides is 1. The number of thiophene rings is 1. The molecular weight excluding hydrogens is 546 g/mol. The van der Waals surface area contributed by atoms with Crippen LogP contribution in [0.5, 0.6) is 0 Å². The number of hydrogen-bond donors (Lipinski definition) is 3.